The Bertz CT molecular complexity index is 397. The molecule has 1 aromatic rings. The summed E-state index contributed by atoms with van der Waals surface area (Å²) >= 11 is 0. The predicted octanol–water partition coefficient (Wildman–Crippen LogP) is 3.07. The van der Waals surface area contributed by atoms with E-state index in [9.17, 15) is 0 Å². The van der Waals surface area contributed by atoms with Crippen LogP contribution in [0.25, 0.3) is 0 Å². The summed E-state index contributed by atoms with van der Waals surface area (Å²) in [6, 6.07) is 0.384. The molecule has 4 nitrogen and oxygen atoms in total. The molecular weight excluding hydrogens is 236 g/mol. The summed E-state index contributed by atoms with van der Waals surface area (Å²) in [7, 11) is 2.00. The number of aromatic nitrogens is 3. The molecule has 2 atom stereocenters. The molecule has 2 rings (SSSR count). The predicted molar refractivity (Wildman–Crippen MR) is 77.8 cm³/mol. The third kappa shape index (κ3) is 3.16. The van der Waals surface area contributed by atoms with Crippen molar-refractivity contribution >= 4 is 0 Å². The average Bonchev–Trinajstić information content (AvgIpc) is 2.78. The van der Waals surface area contributed by atoms with Crippen LogP contribution in [-0.2, 0) is 7.05 Å². The molecule has 108 valence electrons. The standard InChI is InChI=1S/C15H28N4/c1-5-10-16-14(13-11-17-18-19(13)4)12-8-6-7-9-15(12,2)3/h11-12,14,16H,5-10H2,1-4H3. The van der Waals surface area contributed by atoms with Gasteiger partial charge in [0.25, 0.3) is 0 Å². The molecule has 19 heavy (non-hydrogen) atoms. The van der Waals surface area contributed by atoms with Crippen LogP contribution in [-0.4, -0.2) is 21.5 Å². The Kier molecular flexibility index (Phi) is 4.61. The minimum absolute atomic E-state index is 0.384. The van der Waals surface area contributed by atoms with Gasteiger partial charge in [-0.15, -0.1) is 5.10 Å². The zero-order valence-electron chi connectivity index (χ0n) is 12.8. The summed E-state index contributed by atoms with van der Waals surface area (Å²) in [6.07, 6.45) is 8.44. The van der Waals surface area contributed by atoms with Gasteiger partial charge in [-0.25, -0.2) is 0 Å². The van der Waals surface area contributed by atoms with Crippen LogP contribution in [0.3, 0.4) is 0 Å². The lowest BCUT2D eigenvalue weighted by molar-refractivity contribution is 0.0951. The van der Waals surface area contributed by atoms with E-state index < -0.39 is 0 Å². The highest BCUT2D eigenvalue weighted by Gasteiger charge is 2.39. The Morgan fingerprint density at radius 1 is 1.47 bits per heavy atom. The summed E-state index contributed by atoms with van der Waals surface area (Å²) in [4.78, 5) is 0. The summed E-state index contributed by atoms with van der Waals surface area (Å²) in [5.74, 6) is 0.671. The van der Waals surface area contributed by atoms with Gasteiger partial charge >= 0.3 is 0 Å². The fourth-order valence-corrected chi connectivity index (χ4v) is 3.47. The van der Waals surface area contributed by atoms with Crippen LogP contribution >= 0.6 is 0 Å². The molecule has 2 unspecified atom stereocenters. The van der Waals surface area contributed by atoms with Crippen LogP contribution in [0.4, 0.5) is 0 Å². The van der Waals surface area contributed by atoms with E-state index in [1.54, 1.807) is 0 Å². The first-order chi connectivity index (χ1) is 9.06. The zero-order valence-corrected chi connectivity index (χ0v) is 12.8. The molecule has 0 radical (unpaired) electrons. The number of hydrogen-bond donors (Lipinski definition) is 1. The number of hydrogen-bond acceptors (Lipinski definition) is 3. The average molecular weight is 264 g/mol. The number of nitrogens with one attached hydrogen (secondary N) is 1. The maximum absolute atomic E-state index is 4.11. The Hall–Kier alpha value is -0.900. The van der Waals surface area contributed by atoms with E-state index in [2.05, 4.69) is 36.4 Å². The van der Waals surface area contributed by atoms with Gasteiger partial charge in [-0.2, -0.15) is 0 Å². The van der Waals surface area contributed by atoms with Crippen LogP contribution < -0.4 is 5.32 Å². The van der Waals surface area contributed by atoms with Gasteiger partial charge in [0.1, 0.15) is 0 Å². The molecule has 1 aromatic heterocycles. The second-order valence-electron chi connectivity index (χ2n) is 6.56. The number of rotatable bonds is 5. The van der Waals surface area contributed by atoms with Gasteiger partial charge in [0.05, 0.1) is 17.9 Å². The van der Waals surface area contributed by atoms with E-state index >= 15 is 0 Å². The first-order valence-electron chi connectivity index (χ1n) is 7.64. The molecule has 0 bridgehead atoms. The summed E-state index contributed by atoms with van der Waals surface area (Å²) in [5.41, 5.74) is 1.63. The lowest BCUT2D eigenvalue weighted by Crippen LogP contribution is -2.40. The molecule has 0 spiro atoms. The van der Waals surface area contributed by atoms with Gasteiger partial charge in [0.15, 0.2) is 0 Å². The summed E-state index contributed by atoms with van der Waals surface area (Å²) in [5, 5.41) is 11.9. The van der Waals surface area contributed by atoms with E-state index in [1.807, 2.05) is 17.9 Å². The van der Waals surface area contributed by atoms with Crippen molar-refractivity contribution < 1.29 is 0 Å². The number of aryl methyl sites for hydroxylation is 1. The molecule has 0 saturated heterocycles. The van der Waals surface area contributed by atoms with Crippen molar-refractivity contribution in [1.29, 1.82) is 0 Å². The minimum atomic E-state index is 0.384. The van der Waals surface area contributed by atoms with Gasteiger partial charge in [-0.05, 0) is 37.1 Å². The number of nitrogens with zero attached hydrogens (tertiary/aromatic N) is 3. The monoisotopic (exact) mass is 264 g/mol. The van der Waals surface area contributed by atoms with Gasteiger partial charge in [-0.1, -0.05) is 38.8 Å². The molecule has 1 saturated carbocycles. The van der Waals surface area contributed by atoms with Crippen LogP contribution in [0.5, 0.6) is 0 Å². The van der Waals surface area contributed by atoms with Crippen molar-refractivity contribution in [3.05, 3.63) is 11.9 Å². The molecule has 1 heterocycles. The molecule has 0 amide bonds. The van der Waals surface area contributed by atoms with Crippen LogP contribution in [0.2, 0.25) is 0 Å². The van der Waals surface area contributed by atoms with Crippen molar-refractivity contribution in [1.82, 2.24) is 20.3 Å². The van der Waals surface area contributed by atoms with E-state index in [0.717, 1.165) is 13.0 Å². The molecule has 1 aliphatic carbocycles. The Balaban J connectivity index is 2.24. The molecule has 1 aliphatic rings. The topological polar surface area (TPSA) is 42.7 Å². The molecule has 1 fully saturated rings. The second-order valence-corrected chi connectivity index (χ2v) is 6.56. The quantitative estimate of drug-likeness (QED) is 0.888. The Labute approximate surface area is 117 Å². The molecule has 0 aromatic carbocycles. The fraction of sp³-hybridized carbons (Fsp3) is 0.867. The normalized spacial score (nSPS) is 24.3. The fourth-order valence-electron chi connectivity index (χ4n) is 3.47. The third-order valence-electron chi connectivity index (χ3n) is 4.67. The van der Waals surface area contributed by atoms with E-state index in [1.165, 1.54) is 31.4 Å². The van der Waals surface area contributed by atoms with Gasteiger partial charge in [0.2, 0.25) is 0 Å². The van der Waals surface area contributed by atoms with Gasteiger partial charge in [-0.3, -0.25) is 4.68 Å². The first kappa shape index (κ1) is 14.5. The second kappa shape index (κ2) is 6.04. The zero-order chi connectivity index (χ0) is 13.9. The van der Waals surface area contributed by atoms with Crippen molar-refractivity contribution in [2.75, 3.05) is 6.54 Å². The van der Waals surface area contributed by atoms with E-state index in [0.29, 0.717) is 17.4 Å². The van der Waals surface area contributed by atoms with E-state index in [4.69, 9.17) is 0 Å². The maximum Gasteiger partial charge on any atom is 0.0756 e. The first-order valence-corrected chi connectivity index (χ1v) is 7.64. The molecular formula is C15H28N4. The largest absolute Gasteiger partial charge is 0.308 e. The lowest BCUT2D eigenvalue weighted by atomic mass is 9.65. The van der Waals surface area contributed by atoms with Crippen molar-refractivity contribution in [2.24, 2.45) is 18.4 Å². The van der Waals surface area contributed by atoms with Crippen LogP contribution in [0, 0.1) is 11.3 Å². The molecule has 0 aliphatic heterocycles. The molecule has 1 N–H and O–H groups in total. The highest BCUT2D eigenvalue weighted by Crippen LogP contribution is 2.46. The van der Waals surface area contributed by atoms with Crippen LogP contribution in [0.1, 0.15) is 64.6 Å². The van der Waals surface area contributed by atoms with Crippen molar-refractivity contribution in [3.63, 3.8) is 0 Å². The van der Waals surface area contributed by atoms with E-state index in [-0.39, 0.29) is 0 Å². The highest BCUT2D eigenvalue weighted by atomic mass is 15.4. The van der Waals surface area contributed by atoms with Crippen molar-refractivity contribution in [2.45, 2.75) is 58.9 Å². The van der Waals surface area contributed by atoms with Gasteiger partial charge in [0, 0.05) is 7.05 Å². The lowest BCUT2D eigenvalue weighted by Gasteiger charge is -2.43. The highest BCUT2D eigenvalue weighted by molar-refractivity contribution is 5.07. The molecule has 4 heteroatoms. The van der Waals surface area contributed by atoms with Crippen molar-refractivity contribution in [3.8, 4) is 0 Å². The Morgan fingerprint density at radius 2 is 2.26 bits per heavy atom. The van der Waals surface area contributed by atoms with Gasteiger partial charge < -0.3 is 5.32 Å². The summed E-state index contributed by atoms with van der Waals surface area (Å²) in [6.45, 7) is 8.11. The SMILES string of the molecule is CCCNC(c1cnnn1C)C1CCCCC1(C)C. The smallest absolute Gasteiger partial charge is 0.0756 e. The summed E-state index contributed by atoms with van der Waals surface area (Å²) < 4.78 is 1.93. The maximum atomic E-state index is 4.11. The van der Waals surface area contributed by atoms with Crippen LogP contribution in [0.15, 0.2) is 6.20 Å². The third-order valence-corrected chi connectivity index (χ3v) is 4.67. The minimum Gasteiger partial charge on any atom is -0.308 e. The Morgan fingerprint density at radius 3 is 2.84 bits per heavy atom.